The van der Waals surface area contributed by atoms with Gasteiger partial charge >= 0.3 is 0 Å². The first-order valence-electron chi connectivity index (χ1n) is 7.17. The number of nitrogens with two attached hydrogens (primary N) is 1. The van der Waals surface area contributed by atoms with Crippen LogP contribution in [0.3, 0.4) is 0 Å². The van der Waals surface area contributed by atoms with E-state index < -0.39 is 0 Å². The van der Waals surface area contributed by atoms with Gasteiger partial charge in [0, 0.05) is 18.7 Å². The minimum Gasteiger partial charge on any atom is -0.486 e. The number of carbonyl (C=O) groups excluding carboxylic acids is 1. The zero-order valence-electron chi connectivity index (χ0n) is 11.9. The molecule has 1 saturated heterocycles. The van der Waals surface area contributed by atoms with Crippen LogP contribution in [0.4, 0.5) is 0 Å². The summed E-state index contributed by atoms with van der Waals surface area (Å²) in [6.07, 6.45) is 1.99. The Morgan fingerprint density at radius 1 is 1.19 bits per heavy atom. The number of hydrogen-bond acceptors (Lipinski definition) is 4. The van der Waals surface area contributed by atoms with Crippen LogP contribution >= 0.6 is 12.4 Å². The Bertz CT molecular complexity index is 502. The van der Waals surface area contributed by atoms with Gasteiger partial charge in [0.25, 0.3) is 5.91 Å². The van der Waals surface area contributed by atoms with Gasteiger partial charge in [0.15, 0.2) is 11.5 Å². The molecule has 0 aromatic heterocycles. The minimum absolute atomic E-state index is 0. The lowest BCUT2D eigenvalue weighted by Gasteiger charge is -2.31. The molecule has 0 saturated carbocycles. The van der Waals surface area contributed by atoms with Crippen molar-refractivity contribution in [3.63, 3.8) is 0 Å². The second-order valence-electron chi connectivity index (χ2n) is 5.33. The van der Waals surface area contributed by atoms with Gasteiger partial charge in [-0.1, -0.05) is 0 Å². The van der Waals surface area contributed by atoms with Crippen LogP contribution in [0.1, 0.15) is 23.2 Å². The summed E-state index contributed by atoms with van der Waals surface area (Å²) >= 11 is 0. The van der Waals surface area contributed by atoms with Crippen molar-refractivity contribution in [3.8, 4) is 11.5 Å². The van der Waals surface area contributed by atoms with Crippen LogP contribution in [-0.2, 0) is 0 Å². The Balaban J connectivity index is 0.00000161. The summed E-state index contributed by atoms with van der Waals surface area (Å²) in [5.41, 5.74) is 6.35. The highest BCUT2D eigenvalue weighted by Gasteiger charge is 2.24. The number of halogens is 1. The summed E-state index contributed by atoms with van der Waals surface area (Å²) in [5, 5.41) is 0. The number of benzene rings is 1. The van der Waals surface area contributed by atoms with Crippen molar-refractivity contribution < 1.29 is 14.3 Å². The molecule has 0 unspecified atom stereocenters. The molecule has 2 N–H and O–H groups in total. The van der Waals surface area contributed by atoms with E-state index in [4.69, 9.17) is 15.2 Å². The van der Waals surface area contributed by atoms with Gasteiger partial charge in [-0.3, -0.25) is 4.79 Å². The molecule has 0 radical (unpaired) electrons. The van der Waals surface area contributed by atoms with Gasteiger partial charge < -0.3 is 20.1 Å². The summed E-state index contributed by atoms with van der Waals surface area (Å²) in [6.45, 7) is 3.38. The zero-order chi connectivity index (χ0) is 13.9. The van der Waals surface area contributed by atoms with Crippen molar-refractivity contribution in [2.45, 2.75) is 12.8 Å². The number of ether oxygens (including phenoxy) is 2. The molecule has 1 fully saturated rings. The Morgan fingerprint density at radius 2 is 1.86 bits per heavy atom. The number of rotatable bonds is 2. The number of fused-ring (bicyclic) bond motifs is 1. The van der Waals surface area contributed by atoms with E-state index >= 15 is 0 Å². The van der Waals surface area contributed by atoms with Crippen LogP contribution in [-0.4, -0.2) is 43.7 Å². The monoisotopic (exact) mass is 312 g/mol. The molecule has 2 aliphatic rings. The summed E-state index contributed by atoms with van der Waals surface area (Å²) < 4.78 is 11.0. The van der Waals surface area contributed by atoms with Crippen LogP contribution in [0.15, 0.2) is 18.2 Å². The van der Waals surface area contributed by atoms with E-state index in [1.54, 1.807) is 6.07 Å². The van der Waals surface area contributed by atoms with Crippen molar-refractivity contribution in [3.05, 3.63) is 23.8 Å². The van der Waals surface area contributed by atoms with E-state index in [0.29, 0.717) is 37.0 Å². The number of hydrogen-bond donors (Lipinski definition) is 1. The summed E-state index contributed by atoms with van der Waals surface area (Å²) in [6, 6.07) is 5.41. The van der Waals surface area contributed by atoms with Crippen LogP contribution in [0, 0.1) is 5.92 Å². The van der Waals surface area contributed by atoms with Crippen molar-refractivity contribution in [1.29, 1.82) is 0 Å². The molecular weight excluding hydrogens is 292 g/mol. The first kappa shape index (κ1) is 15.9. The van der Waals surface area contributed by atoms with E-state index in [2.05, 4.69) is 0 Å². The number of likely N-dealkylation sites (tertiary alicyclic amines) is 1. The highest BCUT2D eigenvalue weighted by molar-refractivity contribution is 5.95. The maximum Gasteiger partial charge on any atom is 0.253 e. The SMILES string of the molecule is Cl.NCC1CCN(C(=O)c2ccc3c(c2)OCCO3)CC1. The van der Waals surface area contributed by atoms with Crippen molar-refractivity contribution in [2.24, 2.45) is 11.7 Å². The second-order valence-corrected chi connectivity index (χ2v) is 5.33. The van der Waals surface area contributed by atoms with Crippen LogP contribution in [0.2, 0.25) is 0 Å². The van der Waals surface area contributed by atoms with E-state index in [9.17, 15) is 4.79 Å². The van der Waals surface area contributed by atoms with Gasteiger partial charge in [0.2, 0.25) is 0 Å². The Morgan fingerprint density at radius 3 is 2.52 bits per heavy atom. The Labute approximate surface area is 130 Å². The molecule has 5 nitrogen and oxygen atoms in total. The summed E-state index contributed by atoms with van der Waals surface area (Å²) in [4.78, 5) is 14.4. The van der Waals surface area contributed by atoms with Crippen LogP contribution in [0.5, 0.6) is 11.5 Å². The highest BCUT2D eigenvalue weighted by atomic mass is 35.5. The predicted octanol–water partition coefficient (Wildman–Crippen LogP) is 1.69. The Kier molecular flexibility index (Phi) is 5.31. The molecule has 0 atom stereocenters. The molecule has 2 aliphatic heterocycles. The molecule has 0 bridgehead atoms. The number of piperidine rings is 1. The average molecular weight is 313 g/mol. The van der Waals surface area contributed by atoms with Crippen molar-refractivity contribution in [2.75, 3.05) is 32.8 Å². The molecule has 116 valence electrons. The highest BCUT2D eigenvalue weighted by Crippen LogP contribution is 2.31. The number of amides is 1. The lowest BCUT2D eigenvalue weighted by molar-refractivity contribution is 0.0692. The topological polar surface area (TPSA) is 64.8 Å². The second kappa shape index (κ2) is 7.00. The first-order chi connectivity index (χ1) is 9.78. The third kappa shape index (κ3) is 3.41. The van der Waals surface area contributed by atoms with Crippen LogP contribution < -0.4 is 15.2 Å². The lowest BCUT2D eigenvalue weighted by Crippen LogP contribution is -2.40. The number of nitrogens with zero attached hydrogens (tertiary/aromatic N) is 1. The maximum atomic E-state index is 12.5. The quantitative estimate of drug-likeness (QED) is 0.902. The fourth-order valence-electron chi connectivity index (χ4n) is 2.73. The third-order valence-electron chi connectivity index (χ3n) is 4.02. The summed E-state index contributed by atoms with van der Waals surface area (Å²) in [5.74, 6) is 2.00. The maximum absolute atomic E-state index is 12.5. The molecule has 0 aliphatic carbocycles. The molecule has 21 heavy (non-hydrogen) atoms. The van der Waals surface area contributed by atoms with Crippen molar-refractivity contribution >= 4 is 18.3 Å². The van der Waals surface area contributed by atoms with E-state index in [1.165, 1.54) is 0 Å². The molecule has 6 heteroatoms. The van der Waals surface area contributed by atoms with E-state index in [-0.39, 0.29) is 18.3 Å². The Hall–Kier alpha value is -1.46. The molecular formula is C15H21ClN2O3. The standard InChI is InChI=1S/C15H20N2O3.ClH/c16-10-11-3-5-17(6-4-11)15(18)12-1-2-13-14(9-12)20-8-7-19-13;/h1-2,9,11H,3-8,10,16H2;1H. The molecule has 1 aromatic carbocycles. The molecule has 0 spiro atoms. The first-order valence-corrected chi connectivity index (χ1v) is 7.17. The molecule has 1 aromatic rings. The van der Waals surface area contributed by atoms with E-state index in [0.717, 1.165) is 31.7 Å². The van der Waals surface area contributed by atoms with Gasteiger partial charge in [-0.2, -0.15) is 0 Å². The van der Waals surface area contributed by atoms with Gasteiger partial charge in [0.1, 0.15) is 13.2 Å². The predicted molar refractivity (Wildman–Crippen MR) is 82.4 cm³/mol. The zero-order valence-corrected chi connectivity index (χ0v) is 12.7. The molecule has 2 heterocycles. The minimum atomic E-state index is 0. The normalized spacial score (nSPS) is 18.0. The number of carbonyl (C=O) groups is 1. The fourth-order valence-corrected chi connectivity index (χ4v) is 2.73. The molecule has 1 amide bonds. The fraction of sp³-hybridized carbons (Fsp3) is 0.533. The van der Waals surface area contributed by atoms with Gasteiger partial charge in [-0.25, -0.2) is 0 Å². The molecule has 3 rings (SSSR count). The van der Waals surface area contributed by atoms with Gasteiger partial charge in [0.05, 0.1) is 0 Å². The third-order valence-corrected chi connectivity index (χ3v) is 4.02. The van der Waals surface area contributed by atoms with Crippen LogP contribution in [0.25, 0.3) is 0 Å². The van der Waals surface area contributed by atoms with Gasteiger partial charge in [-0.05, 0) is 43.5 Å². The largest absolute Gasteiger partial charge is 0.486 e. The van der Waals surface area contributed by atoms with E-state index in [1.807, 2.05) is 17.0 Å². The van der Waals surface area contributed by atoms with Gasteiger partial charge in [-0.15, -0.1) is 12.4 Å². The average Bonchev–Trinajstić information content (AvgIpc) is 2.54. The van der Waals surface area contributed by atoms with Crippen molar-refractivity contribution in [1.82, 2.24) is 4.90 Å². The lowest BCUT2D eigenvalue weighted by atomic mass is 9.96. The smallest absolute Gasteiger partial charge is 0.253 e. The summed E-state index contributed by atoms with van der Waals surface area (Å²) in [7, 11) is 0.